The molecule has 1 N–H and O–H groups in total. The maximum atomic E-state index is 8.46. The fourth-order valence-corrected chi connectivity index (χ4v) is 0. The Kier molecular flexibility index (Phi) is 140. The van der Waals surface area contributed by atoms with Crippen LogP contribution in [0.15, 0.2) is 0 Å². The second kappa shape index (κ2) is 32.3. The van der Waals surface area contributed by atoms with Crippen molar-refractivity contribution in [1.29, 1.82) is 0 Å². The topological polar surface area (TPSA) is 37.3 Å². The van der Waals surface area contributed by atoms with E-state index >= 15 is 0 Å². The molecule has 0 aromatic carbocycles. The van der Waals surface area contributed by atoms with Gasteiger partial charge in [0.1, 0.15) is 0 Å². The number of hydrogen-bond acceptors (Lipinski definition) is 1. The van der Waals surface area contributed by atoms with Crippen molar-refractivity contribution in [3.63, 3.8) is 0 Å². The predicted octanol–water partition coefficient (Wildman–Crippen LogP) is -11.3. The number of rotatable bonds is 0. The fraction of sp³-hybridized carbons (Fsp3) is 0. The Morgan fingerprint density at radius 1 is 1.14 bits per heavy atom. The second-order valence-electron chi connectivity index (χ2n) is 0.0816. The average Bonchev–Trinajstić information content (AvgIpc) is 0.918. The SMILES string of the molecule is O=PO.[H-].[H-].[H-].[H-].[Na+].[Na+].[Na+].[Na+]. The van der Waals surface area contributed by atoms with Gasteiger partial charge in [-0.2, -0.15) is 0 Å². The molecule has 0 saturated heterocycles. The molecule has 0 atom stereocenters. The van der Waals surface area contributed by atoms with Crippen molar-refractivity contribution >= 4 is 8.69 Å². The summed E-state index contributed by atoms with van der Waals surface area (Å²) in [6, 6.07) is 0. The van der Waals surface area contributed by atoms with E-state index in [-0.39, 0.29) is 124 Å². The third-order valence-electron chi connectivity index (χ3n) is 0. The summed E-state index contributed by atoms with van der Waals surface area (Å²) >= 11 is 0. The zero-order valence-corrected chi connectivity index (χ0v) is 14.2. The fourth-order valence-electron chi connectivity index (χ4n) is 0. The Hall–Kier alpha value is 4.06. The summed E-state index contributed by atoms with van der Waals surface area (Å²) in [5.41, 5.74) is 0. The summed E-state index contributed by atoms with van der Waals surface area (Å²) in [7, 11) is -0.833. The van der Waals surface area contributed by atoms with E-state index in [9.17, 15) is 0 Å². The molecule has 7 heavy (non-hydrogen) atoms. The quantitative estimate of drug-likeness (QED) is 0.282. The first kappa shape index (κ1) is 30.5. The monoisotopic (exact) mass is 160 g/mol. The average molecular weight is 160 g/mol. The first-order valence-electron chi connectivity index (χ1n) is 0.383. The summed E-state index contributed by atoms with van der Waals surface area (Å²) in [6.07, 6.45) is 0. The maximum absolute atomic E-state index is 8.46. The van der Waals surface area contributed by atoms with Crippen molar-refractivity contribution in [1.82, 2.24) is 0 Å². The van der Waals surface area contributed by atoms with E-state index in [0.29, 0.717) is 0 Å². The zero-order valence-electron chi connectivity index (χ0n) is 9.30. The third kappa shape index (κ3) is 39.6. The van der Waals surface area contributed by atoms with Crippen molar-refractivity contribution in [2.75, 3.05) is 0 Å². The smallest absolute Gasteiger partial charge is 1.00 e. The molecule has 0 saturated carbocycles. The second-order valence-corrected chi connectivity index (χ2v) is 0.245. The Bertz CT molecular complexity index is 27.6. The molecular weight excluding hydrogens is 155 g/mol. The van der Waals surface area contributed by atoms with Crippen molar-refractivity contribution in [3.8, 4) is 0 Å². The molecule has 0 unspecified atom stereocenters. The summed E-state index contributed by atoms with van der Waals surface area (Å²) in [5.74, 6) is 0. The van der Waals surface area contributed by atoms with E-state index in [0.717, 1.165) is 0 Å². The Morgan fingerprint density at radius 3 is 1.14 bits per heavy atom. The minimum Gasteiger partial charge on any atom is -1.00 e. The van der Waals surface area contributed by atoms with Crippen LogP contribution < -0.4 is 118 Å². The van der Waals surface area contributed by atoms with Crippen LogP contribution in [-0.2, 0) is 4.57 Å². The zero-order chi connectivity index (χ0) is 2.71. The molecule has 0 aliphatic carbocycles. The van der Waals surface area contributed by atoms with E-state index in [1.165, 1.54) is 0 Å². The van der Waals surface area contributed by atoms with Crippen LogP contribution in [0.1, 0.15) is 5.71 Å². The molecule has 0 fully saturated rings. The Labute approximate surface area is 139 Å². The van der Waals surface area contributed by atoms with Crippen molar-refractivity contribution in [2.24, 2.45) is 0 Å². The maximum Gasteiger partial charge on any atom is 1.00 e. The predicted molar refractivity (Wildman–Crippen MR) is 14.3 cm³/mol. The van der Waals surface area contributed by atoms with E-state index < -0.39 is 8.69 Å². The molecule has 0 aliphatic heterocycles. The molecular formula is H5Na4O2P. The standard InChI is InChI=1S/4Na.HO2P.4H/c;;;;1-3-2;;;;/h;;;;(H,1,2);;;;/q4*+1;;4*-1. The molecule has 0 spiro atoms. The van der Waals surface area contributed by atoms with Crippen LogP contribution >= 0.6 is 8.69 Å². The van der Waals surface area contributed by atoms with Gasteiger partial charge in [-0.3, -0.25) is 0 Å². The molecule has 0 aromatic rings. The van der Waals surface area contributed by atoms with Gasteiger partial charge in [0.25, 0.3) is 0 Å². The van der Waals surface area contributed by atoms with Crippen molar-refractivity contribution < 1.29 is 133 Å². The number of hydrogen-bond donors (Lipinski definition) is 1. The summed E-state index contributed by atoms with van der Waals surface area (Å²) in [4.78, 5) is 6.99. The van der Waals surface area contributed by atoms with Gasteiger partial charge in [0.15, 0.2) is 0 Å². The molecule has 0 rings (SSSR count). The van der Waals surface area contributed by atoms with Crippen LogP contribution in [0.5, 0.6) is 0 Å². The van der Waals surface area contributed by atoms with Gasteiger partial charge in [0.2, 0.25) is 0 Å². The molecule has 0 aromatic heterocycles. The molecule has 0 aliphatic rings. The molecule has 0 amide bonds. The third-order valence-corrected chi connectivity index (χ3v) is 0. The van der Waals surface area contributed by atoms with Gasteiger partial charge in [-0.1, -0.05) is 0 Å². The Balaban J connectivity index is -0.000000000714. The normalized spacial score (nSPS) is 3.00. The first-order chi connectivity index (χ1) is 1.41. The first-order valence-corrected chi connectivity index (χ1v) is 1.15. The van der Waals surface area contributed by atoms with Gasteiger partial charge < -0.3 is 10.6 Å². The van der Waals surface area contributed by atoms with E-state index in [4.69, 9.17) is 9.46 Å². The largest absolute Gasteiger partial charge is 1.00 e. The summed E-state index contributed by atoms with van der Waals surface area (Å²) in [5, 5.41) is 0. The van der Waals surface area contributed by atoms with Gasteiger partial charge in [-0.05, 0) is 0 Å². The van der Waals surface area contributed by atoms with Crippen LogP contribution in [0, 0.1) is 0 Å². The minimum atomic E-state index is -0.833. The van der Waals surface area contributed by atoms with Crippen LogP contribution in [0.3, 0.4) is 0 Å². The molecule has 0 heterocycles. The van der Waals surface area contributed by atoms with Gasteiger partial charge in [-0.15, -0.1) is 0 Å². The van der Waals surface area contributed by atoms with Crippen LogP contribution in [0.25, 0.3) is 0 Å². The van der Waals surface area contributed by atoms with Gasteiger partial charge in [0, 0.05) is 0 Å². The summed E-state index contributed by atoms with van der Waals surface area (Å²) in [6.45, 7) is 0. The Morgan fingerprint density at radius 2 is 1.14 bits per heavy atom. The van der Waals surface area contributed by atoms with E-state index in [1.54, 1.807) is 0 Å². The van der Waals surface area contributed by atoms with Crippen LogP contribution in [0.2, 0.25) is 0 Å². The molecule has 7 heteroatoms. The van der Waals surface area contributed by atoms with Crippen LogP contribution in [0.4, 0.5) is 0 Å². The minimum absolute atomic E-state index is 0. The van der Waals surface area contributed by atoms with Crippen molar-refractivity contribution in [3.05, 3.63) is 0 Å². The van der Waals surface area contributed by atoms with E-state index in [1.807, 2.05) is 0 Å². The van der Waals surface area contributed by atoms with E-state index in [2.05, 4.69) is 0 Å². The van der Waals surface area contributed by atoms with Crippen LogP contribution in [-0.4, -0.2) is 4.89 Å². The molecule has 2 nitrogen and oxygen atoms in total. The van der Waals surface area contributed by atoms with Gasteiger partial charge >= 0.3 is 127 Å². The molecule has 0 radical (unpaired) electrons. The van der Waals surface area contributed by atoms with Crippen molar-refractivity contribution in [2.45, 2.75) is 0 Å². The van der Waals surface area contributed by atoms with Gasteiger partial charge in [-0.25, -0.2) is 4.57 Å². The summed E-state index contributed by atoms with van der Waals surface area (Å²) < 4.78 is 8.46. The molecule has 26 valence electrons. The molecule has 0 bridgehead atoms. The van der Waals surface area contributed by atoms with Gasteiger partial charge in [0.05, 0.1) is 0 Å².